The first-order valence-corrected chi connectivity index (χ1v) is 18.5. The van der Waals surface area contributed by atoms with Crippen LogP contribution < -0.4 is 0 Å². The highest BCUT2D eigenvalue weighted by molar-refractivity contribution is 4.99. The molecule has 2 aliphatic carbocycles. The summed E-state index contributed by atoms with van der Waals surface area (Å²) in [5.41, 5.74) is 0. The lowest BCUT2D eigenvalue weighted by Crippen LogP contribution is -2.64. The molecule has 0 radical (unpaired) electrons. The quantitative estimate of drug-likeness (QED) is 0.0968. The average molecular weight is 774 g/mol. The van der Waals surface area contributed by atoms with Crippen LogP contribution in [0.2, 0.25) is 0 Å². The van der Waals surface area contributed by atoms with Gasteiger partial charge in [-0.3, -0.25) is 0 Å². The first-order chi connectivity index (χ1) is 25.1. The molecule has 14 N–H and O–H groups in total. The smallest absolute Gasteiger partial charge is 0.187 e. The van der Waals surface area contributed by atoms with Gasteiger partial charge in [0.05, 0.1) is 49.7 Å². The zero-order chi connectivity index (χ0) is 38.5. The Morgan fingerprint density at radius 1 is 0.566 bits per heavy atom. The second-order valence-electron chi connectivity index (χ2n) is 15.5. The molecule has 6 fully saturated rings. The summed E-state index contributed by atoms with van der Waals surface area (Å²) >= 11 is 0. The van der Waals surface area contributed by atoms with Crippen molar-refractivity contribution in [3.63, 3.8) is 0 Å². The van der Waals surface area contributed by atoms with Gasteiger partial charge < -0.3 is 99.5 Å². The van der Waals surface area contributed by atoms with Crippen LogP contribution in [0.4, 0.5) is 0 Å². The van der Waals surface area contributed by atoms with Crippen LogP contribution >= 0.6 is 0 Å². The summed E-state index contributed by atoms with van der Waals surface area (Å²) in [6, 6.07) is 0. The Labute approximate surface area is 305 Å². The molecule has 0 amide bonds. The van der Waals surface area contributed by atoms with E-state index in [-0.39, 0.29) is 38.0 Å². The molecule has 24 atom stereocenters. The summed E-state index contributed by atoms with van der Waals surface area (Å²) in [6.07, 6.45) is -26.9. The number of rotatable bonds is 9. The van der Waals surface area contributed by atoms with Crippen molar-refractivity contribution < 1.29 is 99.5 Å². The fourth-order valence-corrected chi connectivity index (χ4v) is 8.65. The van der Waals surface area contributed by atoms with E-state index >= 15 is 0 Å². The van der Waals surface area contributed by atoms with Crippen molar-refractivity contribution in [2.45, 2.75) is 180 Å². The first-order valence-electron chi connectivity index (χ1n) is 18.5. The highest BCUT2D eigenvalue weighted by Gasteiger charge is 2.56. The zero-order valence-electron chi connectivity index (χ0n) is 29.2. The molecule has 4 aliphatic heterocycles. The first kappa shape index (κ1) is 41.8. The molecule has 4 heterocycles. The molecule has 20 heteroatoms. The number of ether oxygens (including phenoxy) is 7. The van der Waals surface area contributed by atoms with E-state index in [2.05, 4.69) is 0 Å². The van der Waals surface area contributed by atoms with Crippen molar-refractivity contribution in [2.75, 3.05) is 13.2 Å². The molecular weight excluding hydrogens is 716 g/mol. The number of aliphatic hydroxyl groups is 15. The standard InChI is InChI=1S/C33H56O20/c1-10-21(38)24(41)27(44)31(48-10)47-9-20-23(40)26(43)29(46)33(53-20)51-18-7-13-15(36)5-12(49-32-28(45)25(42)22(39)19(8-34)52-32)6-17(13)50-30(18)11-2-3-14(35)16(37)4-11/h10-46H,2-9H2,1H3/p+1. The summed E-state index contributed by atoms with van der Waals surface area (Å²) in [5.74, 6) is -0.832. The molecule has 2 saturated carbocycles. The van der Waals surface area contributed by atoms with Crippen LogP contribution in [0, 0.1) is 11.8 Å². The van der Waals surface area contributed by atoms with Crippen LogP contribution in [-0.2, 0) is 28.4 Å². The summed E-state index contributed by atoms with van der Waals surface area (Å²) in [7, 11) is 0. The second-order valence-corrected chi connectivity index (χ2v) is 15.5. The van der Waals surface area contributed by atoms with Gasteiger partial charge in [-0.25, -0.2) is 0 Å². The zero-order valence-corrected chi connectivity index (χ0v) is 29.2. The maximum Gasteiger partial charge on any atom is 0.187 e. The van der Waals surface area contributed by atoms with E-state index < -0.39 is 154 Å². The van der Waals surface area contributed by atoms with E-state index in [1.807, 2.05) is 0 Å². The normalized spacial score (nSPS) is 55.4. The minimum Gasteiger partial charge on any atom is -0.427 e. The highest BCUT2D eigenvalue weighted by Crippen LogP contribution is 2.43. The molecule has 4 saturated heterocycles. The summed E-state index contributed by atoms with van der Waals surface area (Å²) in [5, 5.41) is 136. The Morgan fingerprint density at radius 3 is 1.83 bits per heavy atom. The topological polar surface area (TPSA) is 331 Å². The summed E-state index contributed by atoms with van der Waals surface area (Å²) < 4.78 is 39.8. The van der Waals surface area contributed by atoms with Gasteiger partial charge in [0.15, 0.2) is 31.1 Å². The van der Waals surface area contributed by atoms with Crippen molar-refractivity contribution in [1.29, 1.82) is 0 Å². The average Bonchev–Trinajstić information content (AvgIpc) is 3.13. The van der Waals surface area contributed by atoms with Crippen molar-refractivity contribution in [3.8, 4) is 0 Å². The van der Waals surface area contributed by atoms with Crippen LogP contribution in [0.15, 0.2) is 0 Å². The molecule has 0 aromatic carbocycles. The third-order valence-corrected chi connectivity index (χ3v) is 11.9. The van der Waals surface area contributed by atoms with Gasteiger partial charge in [0, 0.05) is 18.8 Å². The molecule has 0 spiro atoms. The third-order valence-electron chi connectivity index (χ3n) is 11.9. The summed E-state index contributed by atoms with van der Waals surface area (Å²) in [4.78, 5) is 0. The van der Waals surface area contributed by atoms with E-state index in [1.54, 1.807) is 0 Å². The van der Waals surface area contributed by atoms with Gasteiger partial charge in [0.2, 0.25) is 0 Å². The van der Waals surface area contributed by atoms with E-state index in [1.165, 1.54) is 6.92 Å². The lowest BCUT2D eigenvalue weighted by molar-refractivity contribution is -0.366. The SMILES string of the molecule is CC1OC(OCC2OC(OC3CC4C(O)CC(OC5OC(CO)C(O)C(O)C5O)CC4[OH+]C3C3CCC(O)C(O)C3)C(O)C(O)C2O)C(O)C(O)C1O. The third kappa shape index (κ3) is 8.72. The van der Waals surface area contributed by atoms with Gasteiger partial charge in [-0.15, -0.1) is 0 Å². The van der Waals surface area contributed by atoms with Crippen LogP contribution in [0.5, 0.6) is 0 Å². The van der Waals surface area contributed by atoms with Crippen molar-refractivity contribution in [1.82, 2.24) is 0 Å². The fourth-order valence-electron chi connectivity index (χ4n) is 8.65. The minimum absolute atomic E-state index is 0.0593. The predicted molar refractivity (Wildman–Crippen MR) is 171 cm³/mol. The van der Waals surface area contributed by atoms with Crippen LogP contribution in [0.3, 0.4) is 0 Å². The Kier molecular flexibility index (Phi) is 13.7. The predicted octanol–water partition coefficient (Wildman–Crippen LogP) is -6.83. The molecule has 0 aromatic rings. The summed E-state index contributed by atoms with van der Waals surface area (Å²) in [6.45, 7) is 0.329. The molecule has 0 bridgehead atoms. The van der Waals surface area contributed by atoms with Crippen molar-refractivity contribution >= 4 is 0 Å². The number of hydrogen-bond acceptors (Lipinski definition) is 19. The van der Waals surface area contributed by atoms with Crippen LogP contribution in [-0.4, -0.2) is 219 Å². The lowest BCUT2D eigenvalue weighted by Gasteiger charge is -2.49. The van der Waals surface area contributed by atoms with Gasteiger partial charge in [0.25, 0.3) is 0 Å². The molecular formula is C33H57O20+. The van der Waals surface area contributed by atoms with E-state index in [4.69, 9.17) is 33.2 Å². The number of hydrogen-bond donors (Lipinski definition) is 13. The van der Waals surface area contributed by atoms with E-state index in [9.17, 15) is 66.4 Å². The molecule has 6 aliphatic rings. The maximum atomic E-state index is 11.4. The molecule has 6 rings (SSSR count). The Morgan fingerprint density at radius 2 is 1.17 bits per heavy atom. The van der Waals surface area contributed by atoms with Gasteiger partial charge in [-0.1, -0.05) is 0 Å². The highest BCUT2D eigenvalue weighted by atomic mass is 16.7. The number of aliphatic hydroxyl groups excluding tert-OH is 13. The van der Waals surface area contributed by atoms with Gasteiger partial charge in [0.1, 0.15) is 73.2 Å². The van der Waals surface area contributed by atoms with Crippen LogP contribution in [0.1, 0.15) is 45.4 Å². The lowest BCUT2D eigenvalue weighted by atomic mass is 9.72. The maximum absolute atomic E-state index is 11.4. The van der Waals surface area contributed by atoms with Crippen LogP contribution in [0.25, 0.3) is 0 Å². The molecule has 20 nitrogen and oxygen atoms in total. The van der Waals surface area contributed by atoms with Crippen molar-refractivity contribution in [2.24, 2.45) is 11.8 Å². The Balaban J connectivity index is 1.15. The van der Waals surface area contributed by atoms with Gasteiger partial charge in [-0.05, 0) is 32.6 Å². The van der Waals surface area contributed by atoms with E-state index in [0.29, 0.717) is 6.42 Å². The molecule has 24 unspecified atom stereocenters. The largest absolute Gasteiger partial charge is 0.427 e. The van der Waals surface area contributed by atoms with Gasteiger partial charge >= 0.3 is 0 Å². The second kappa shape index (κ2) is 17.4. The Hall–Kier alpha value is -0.800. The molecule has 308 valence electrons. The Bertz CT molecular complexity index is 1170. The fraction of sp³-hybridized carbons (Fsp3) is 1.00. The number of fused-ring (bicyclic) bond motifs is 1. The van der Waals surface area contributed by atoms with Crippen molar-refractivity contribution in [3.05, 3.63) is 0 Å². The molecule has 53 heavy (non-hydrogen) atoms. The van der Waals surface area contributed by atoms with Gasteiger partial charge in [-0.2, -0.15) is 0 Å². The minimum atomic E-state index is -1.77. The monoisotopic (exact) mass is 773 g/mol. The molecule has 0 aromatic heterocycles. The van der Waals surface area contributed by atoms with E-state index in [0.717, 1.165) is 0 Å².